The molecule has 1 aromatic heterocycles. The highest BCUT2D eigenvalue weighted by molar-refractivity contribution is 5.93. The van der Waals surface area contributed by atoms with Crippen LogP contribution in [0.15, 0.2) is 48.5 Å². The van der Waals surface area contributed by atoms with Crippen molar-refractivity contribution in [3.05, 3.63) is 59.8 Å². The zero-order valence-corrected chi connectivity index (χ0v) is 15.1. The van der Waals surface area contributed by atoms with Crippen molar-refractivity contribution >= 4 is 5.91 Å². The van der Waals surface area contributed by atoms with Crippen molar-refractivity contribution in [1.82, 2.24) is 15.1 Å². The van der Waals surface area contributed by atoms with Gasteiger partial charge < -0.3 is 19.5 Å². The number of benzene rings is 2. The summed E-state index contributed by atoms with van der Waals surface area (Å²) in [6.07, 6.45) is 0. The Labute approximate surface area is 156 Å². The van der Waals surface area contributed by atoms with Gasteiger partial charge in [-0.3, -0.25) is 9.48 Å². The van der Waals surface area contributed by atoms with Crippen molar-refractivity contribution < 1.29 is 19.0 Å². The maximum absolute atomic E-state index is 12.5. The molecule has 1 N–H and O–H groups in total. The summed E-state index contributed by atoms with van der Waals surface area (Å²) in [5.41, 5.74) is 3.07. The van der Waals surface area contributed by atoms with E-state index in [-0.39, 0.29) is 12.7 Å². The Hall–Kier alpha value is -3.48. The van der Waals surface area contributed by atoms with Gasteiger partial charge in [-0.2, -0.15) is 5.10 Å². The number of nitrogens with one attached hydrogen (secondary N) is 1. The van der Waals surface area contributed by atoms with Crippen molar-refractivity contribution in [1.29, 1.82) is 0 Å². The number of hydrogen-bond donors (Lipinski definition) is 1. The summed E-state index contributed by atoms with van der Waals surface area (Å²) in [7, 11) is 3.43. The zero-order valence-electron chi connectivity index (χ0n) is 15.1. The van der Waals surface area contributed by atoms with Gasteiger partial charge in [0.1, 0.15) is 5.75 Å². The molecule has 0 spiro atoms. The molecule has 2 heterocycles. The molecule has 1 aliphatic rings. The fourth-order valence-corrected chi connectivity index (χ4v) is 2.92. The quantitative estimate of drug-likeness (QED) is 0.753. The first-order valence-corrected chi connectivity index (χ1v) is 8.49. The van der Waals surface area contributed by atoms with Gasteiger partial charge in [0.15, 0.2) is 17.2 Å². The van der Waals surface area contributed by atoms with E-state index in [4.69, 9.17) is 14.2 Å². The average Bonchev–Trinajstić information content (AvgIpc) is 3.32. The van der Waals surface area contributed by atoms with E-state index in [0.717, 1.165) is 28.3 Å². The van der Waals surface area contributed by atoms with Gasteiger partial charge in [-0.15, -0.1) is 0 Å². The van der Waals surface area contributed by atoms with E-state index in [0.29, 0.717) is 18.0 Å². The monoisotopic (exact) mass is 365 g/mol. The predicted octanol–water partition coefficient (Wildman–Crippen LogP) is 2.75. The third-order valence-electron chi connectivity index (χ3n) is 4.39. The molecular formula is C20H19N3O4. The minimum atomic E-state index is -0.228. The number of carbonyl (C=O) groups excluding carboxylic acids is 1. The molecule has 0 unspecified atom stereocenters. The average molecular weight is 365 g/mol. The van der Waals surface area contributed by atoms with Crippen molar-refractivity contribution in [3.8, 4) is 28.5 Å². The van der Waals surface area contributed by atoms with Crippen LogP contribution in [0, 0.1) is 0 Å². The summed E-state index contributed by atoms with van der Waals surface area (Å²) in [4.78, 5) is 12.5. The molecule has 27 heavy (non-hydrogen) atoms. The van der Waals surface area contributed by atoms with Crippen LogP contribution in [0.25, 0.3) is 11.3 Å². The van der Waals surface area contributed by atoms with Crippen LogP contribution in [0.1, 0.15) is 16.1 Å². The number of ether oxygens (including phenoxy) is 3. The lowest BCUT2D eigenvalue weighted by Crippen LogP contribution is -2.23. The van der Waals surface area contributed by atoms with E-state index in [1.807, 2.05) is 42.5 Å². The number of carbonyl (C=O) groups is 1. The van der Waals surface area contributed by atoms with E-state index in [1.54, 1.807) is 24.9 Å². The SMILES string of the molecule is COc1ccc(CNC(=O)c2cc(-c3ccc4c(c3)OCO4)n(C)n2)cc1. The maximum atomic E-state index is 12.5. The third-order valence-corrected chi connectivity index (χ3v) is 4.39. The van der Waals surface area contributed by atoms with Crippen LogP contribution in [0.3, 0.4) is 0 Å². The van der Waals surface area contributed by atoms with Gasteiger partial charge in [-0.25, -0.2) is 0 Å². The molecule has 0 saturated carbocycles. The molecule has 7 heteroatoms. The Kier molecular flexibility index (Phi) is 4.42. The van der Waals surface area contributed by atoms with Gasteiger partial charge in [0.05, 0.1) is 12.8 Å². The van der Waals surface area contributed by atoms with Gasteiger partial charge in [0, 0.05) is 19.2 Å². The summed E-state index contributed by atoms with van der Waals surface area (Å²) in [6.45, 7) is 0.641. The molecule has 0 aliphatic carbocycles. The highest BCUT2D eigenvalue weighted by Crippen LogP contribution is 2.35. The topological polar surface area (TPSA) is 74.6 Å². The second kappa shape index (κ2) is 7.03. The van der Waals surface area contributed by atoms with Crippen LogP contribution in [0.4, 0.5) is 0 Å². The standard InChI is InChI=1S/C20H19N3O4/c1-23-17(14-5-8-18-19(9-14)27-12-26-18)10-16(22-23)20(24)21-11-13-3-6-15(25-2)7-4-13/h3-10H,11-12H2,1-2H3,(H,21,24). The van der Waals surface area contributed by atoms with Crippen LogP contribution < -0.4 is 19.5 Å². The van der Waals surface area contributed by atoms with E-state index in [9.17, 15) is 4.79 Å². The molecule has 1 aliphatic heterocycles. The second-order valence-corrected chi connectivity index (χ2v) is 6.14. The maximum Gasteiger partial charge on any atom is 0.272 e. The summed E-state index contributed by atoms with van der Waals surface area (Å²) in [5.74, 6) is 1.97. The van der Waals surface area contributed by atoms with E-state index in [1.165, 1.54) is 0 Å². The normalized spacial score (nSPS) is 12.1. The fourth-order valence-electron chi connectivity index (χ4n) is 2.92. The smallest absolute Gasteiger partial charge is 0.272 e. The fraction of sp³-hybridized carbons (Fsp3) is 0.200. The lowest BCUT2D eigenvalue weighted by molar-refractivity contribution is 0.0945. The van der Waals surface area contributed by atoms with Crippen LogP contribution in [0.5, 0.6) is 17.2 Å². The van der Waals surface area contributed by atoms with Crippen molar-refractivity contribution in [2.24, 2.45) is 7.05 Å². The van der Waals surface area contributed by atoms with Gasteiger partial charge in [0.25, 0.3) is 5.91 Å². The van der Waals surface area contributed by atoms with Crippen molar-refractivity contribution in [3.63, 3.8) is 0 Å². The molecule has 7 nitrogen and oxygen atoms in total. The van der Waals surface area contributed by atoms with Gasteiger partial charge >= 0.3 is 0 Å². The number of aromatic nitrogens is 2. The number of fused-ring (bicyclic) bond motifs is 1. The molecule has 0 atom stereocenters. The molecule has 0 saturated heterocycles. The molecule has 0 fully saturated rings. The Morgan fingerprint density at radius 1 is 1.15 bits per heavy atom. The second-order valence-electron chi connectivity index (χ2n) is 6.14. The van der Waals surface area contributed by atoms with Crippen LogP contribution in [-0.4, -0.2) is 29.6 Å². The molecule has 1 amide bonds. The Morgan fingerprint density at radius 3 is 2.70 bits per heavy atom. The van der Waals surface area contributed by atoms with Crippen LogP contribution in [0.2, 0.25) is 0 Å². The number of amides is 1. The Balaban J connectivity index is 1.47. The summed E-state index contributed by atoms with van der Waals surface area (Å²) < 4.78 is 17.6. The van der Waals surface area contributed by atoms with E-state index in [2.05, 4.69) is 10.4 Å². The van der Waals surface area contributed by atoms with E-state index >= 15 is 0 Å². The van der Waals surface area contributed by atoms with Crippen molar-refractivity contribution in [2.75, 3.05) is 13.9 Å². The number of nitrogens with zero attached hydrogens (tertiary/aromatic N) is 2. The van der Waals surface area contributed by atoms with Crippen molar-refractivity contribution in [2.45, 2.75) is 6.54 Å². The molecule has 0 radical (unpaired) electrons. The highest BCUT2D eigenvalue weighted by Gasteiger charge is 2.18. The largest absolute Gasteiger partial charge is 0.497 e. The predicted molar refractivity (Wildman–Crippen MR) is 98.9 cm³/mol. The number of aryl methyl sites for hydroxylation is 1. The van der Waals surface area contributed by atoms with Gasteiger partial charge in [-0.1, -0.05) is 12.1 Å². The first kappa shape index (κ1) is 17.0. The zero-order chi connectivity index (χ0) is 18.8. The number of rotatable bonds is 5. The third kappa shape index (κ3) is 3.44. The molecule has 3 aromatic rings. The number of hydrogen-bond acceptors (Lipinski definition) is 5. The van der Waals surface area contributed by atoms with Gasteiger partial charge in [0.2, 0.25) is 6.79 Å². The lowest BCUT2D eigenvalue weighted by atomic mass is 10.1. The molecule has 138 valence electrons. The summed E-state index contributed by atoms with van der Waals surface area (Å²) in [6, 6.07) is 15.0. The minimum Gasteiger partial charge on any atom is -0.497 e. The Morgan fingerprint density at radius 2 is 1.93 bits per heavy atom. The number of methoxy groups -OCH3 is 1. The molecule has 0 bridgehead atoms. The molecule has 4 rings (SSSR count). The van der Waals surface area contributed by atoms with Gasteiger partial charge in [-0.05, 0) is 42.0 Å². The Bertz CT molecular complexity index is 979. The first-order valence-electron chi connectivity index (χ1n) is 8.49. The summed E-state index contributed by atoms with van der Waals surface area (Å²) in [5, 5.41) is 7.22. The lowest BCUT2D eigenvalue weighted by Gasteiger charge is -2.04. The molecular weight excluding hydrogens is 346 g/mol. The van der Waals surface area contributed by atoms with Crippen LogP contribution in [-0.2, 0) is 13.6 Å². The molecule has 2 aromatic carbocycles. The van der Waals surface area contributed by atoms with Crippen LogP contribution >= 0.6 is 0 Å². The highest BCUT2D eigenvalue weighted by atomic mass is 16.7. The van der Waals surface area contributed by atoms with E-state index < -0.39 is 0 Å². The summed E-state index contributed by atoms with van der Waals surface area (Å²) >= 11 is 0. The minimum absolute atomic E-state index is 0.225. The first-order chi connectivity index (χ1) is 13.1.